The monoisotopic (exact) mass is 424 g/mol. The molecule has 0 aromatic heterocycles. The quantitative estimate of drug-likeness (QED) is 0.418. The van der Waals surface area contributed by atoms with E-state index in [1.165, 1.54) is 19.1 Å². The van der Waals surface area contributed by atoms with Gasteiger partial charge in [0.05, 0.1) is 30.9 Å². The Bertz CT molecular complexity index is 1010. The van der Waals surface area contributed by atoms with Crippen molar-refractivity contribution >= 4 is 23.1 Å². The van der Waals surface area contributed by atoms with Crippen molar-refractivity contribution in [1.29, 1.82) is 0 Å². The Hall–Kier alpha value is -3.32. The van der Waals surface area contributed by atoms with E-state index in [0.29, 0.717) is 11.3 Å². The molecule has 1 unspecified atom stereocenters. The molecule has 1 saturated heterocycles. The summed E-state index contributed by atoms with van der Waals surface area (Å²) < 4.78 is 10.5. The van der Waals surface area contributed by atoms with Crippen LogP contribution in [0.3, 0.4) is 0 Å². The van der Waals surface area contributed by atoms with Crippen molar-refractivity contribution in [2.24, 2.45) is 0 Å². The lowest BCUT2D eigenvalue weighted by atomic mass is 9.94. The third kappa shape index (κ3) is 4.27. The number of hydrogen-bond donors (Lipinski definition) is 1. The Morgan fingerprint density at radius 3 is 2.35 bits per heavy atom. The molecule has 7 nitrogen and oxygen atoms in total. The van der Waals surface area contributed by atoms with E-state index in [4.69, 9.17) is 9.47 Å². The van der Waals surface area contributed by atoms with E-state index in [2.05, 4.69) is 0 Å². The topological polar surface area (TPSA) is 79.3 Å². The van der Waals surface area contributed by atoms with Crippen LogP contribution in [-0.4, -0.2) is 63.2 Å². The zero-order chi connectivity index (χ0) is 22.7. The maximum Gasteiger partial charge on any atom is 0.295 e. The van der Waals surface area contributed by atoms with Gasteiger partial charge in [0.1, 0.15) is 11.5 Å². The number of ether oxygens (including phenoxy) is 2. The smallest absolute Gasteiger partial charge is 0.295 e. The van der Waals surface area contributed by atoms with Crippen LogP contribution in [0.25, 0.3) is 5.76 Å². The van der Waals surface area contributed by atoms with Crippen molar-refractivity contribution in [3.63, 3.8) is 0 Å². The summed E-state index contributed by atoms with van der Waals surface area (Å²) in [4.78, 5) is 29.3. The number of carbonyl (C=O) groups excluding carboxylic acids is 2. The molecule has 1 aliphatic rings. The molecule has 0 radical (unpaired) electrons. The fraction of sp³-hybridized carbons (Fsp3) is 0.333. The first-order valence-corrected chi connectivity index (χ1v) is 9.99. The lowest BCUT2D eigenvalue weighted by Crippen LogP contribution is -2.32. The fourth-order valence-electron chi connectivity index (χ4n) is 3.75. The van der Waals surface area contributed by atoms with Gasteiger partial charge in [0.15, 0.2) is 0 Å². The second kappa shape index (κ2) is 9.22. The molecule has 0 spiro atoms. The van der Waals surface area contributed by atoms with Crippen LogP contribution in [0.2, 0.25) is 0 Å². The van der Waals surface area contributed by atoms with Crippen LogP contribution in [0.5, 0.6) is 5.75 Å². The van der Waals surface area contributed by atoms with Gasteiger partial charge in [-0.15, -0.1) is 0 Å². The highest BCUT2D eigenvalue weighted by molar-refractivity contribution is 6.46. The van der Waals surface area contributed by atoms with Crippen molar-refractivity contribution in [2.75, 3.05) is 46.4 Å². The van der Waals surface area contributed by atoms with Crippen molar-refractivity contribution in [3.8, 4) is 5.75 Å². The molecule has 0 saturated carbocycles. The number of rotatable bonds is 7. The number of Topliss-reactive ketones (excluding diaryl/α,β-unsaturated/α-hetero) is 1. The van der Waals surface area contributed by atoms with Crippen molar-refractivity contribution < 1.29 is 24.2 Å². The normalized spacial score (nSPS) is 17.8. The summed E-state index contributed by atoms with van der Waals surface area (Å²) in [5.74, 6) is -1.21. The Labute approximate surface area is 182 Å². The maximum atomic E-state index is 13.0. The van der Waals surface area contributed by atoms with E-state index in [1.54, 1.807) is 12.1 Å². The fourth-order valence-corrected chi connectivity index (χ4v) is 3.75. The Balaban J connectivity index is 2.20. The van der Waals surface area contributed by atoms with Crippen molar-refractivity contribution in [1.82, 2.24) is 4.90 Å². The zero-order valence-electron chi connectivity index (χ0n) is 18.5. The summed E-state index contributed by atoms with van der Waals surface area (Å²) in [5.41, 5.74) is 3.03. The first-order valence-electron chi connectivity index (χ1n) is 9.99. The molecule has 0 aliphatic carbocycles. The van der Waals surface area contributed by atoms with Crippen molar-refractivity contribution in [2.45, 2.75) is 13.0 Å². The molecule has 1 N–H and O–H groups in total. The highest BCUT2D eigenvalue weighted by Crippen LogP contribution is 2.41. The molecular weight excluding hydrogens is 396 g/mol. The Morgan fingerprint density at radius 2 is 1.77 bits per heavy atom. The molecule has 1 amide bonds. The highest BCUT2D eigenvalue weighted by Gasteiger charge is 2.46. The minimum atomic E-state index is -0.725. The lowest BCUT2D eigenvalue weighted by Gasteiger charge is -2.25. The van der Waals surface area contributed by atoms with E-state index >= 15 is 0 Å². The number of hydrogen-bond acceptors (Lipinski definition) is 6. The average Bonchev–Trinajstić information content (AvgIpc) is 3.01. The number of carbonyl (C=O) groups is 2. The molecular formula is C24H28N2O5. The summed E-state index contributed by atoms with van der Waals surface area (Å²) in [6, 6.07) is 12.2. The highest BCUT2D eigenvalue weighted by atomic mass is 16.5. The molecule has 7 heteroatoms. The van der Waals surface area contributed by atoms with Gasteiger partial charge in [0.25, 0.3) is 11.7 Å². The van der Waals surface area contributed by atoms with E-state index in [1.807, 2.05) is 56.3 Å². The average molecular weight is 424 g/mol. The molecule has 1 fully saturated rings. The first kappa shape index (κ1) is 22.4. The molecule has 1 heterocycles. The Kier molecular flexibility index (Phi) is 6.65. The zero-order valence-corrected chi connectivity index (χ0v) is 18.5. The largest absolute Gasteiger partial charge is 0.507 e. The number of amides is 1. The second-order valence-electron chi connectivity index (χ2n) is 7.67. The molecule has 2 aromatic rings. The van der Waals surface area contributed by atoms with Crippen LogP contribution in [0.4, 0.5) is 5.69 Å². The molecule has 3 rings (SSSR count). The minimum absolute atomic E-state index is 0.0441. The van der Waals surface area contributed by atoms with E-state index < -0.39 is 17.7 Å². The molecule has 2 aromatic carbocycles. The molecule has 164 valence electrons. The minimum Gasteiger partial charge on any atom is -0.507 e. The number of nitrogens with zero attached hydrogens (tertiary/aromatic N) is 2. The van der Waals surface area contributed by atoms with E-state index in [-0.39, 0.29) is 24.5 Å². The van der Waals surface area contributed by atoms with Gasteiger partial charge in [-0.3, -0.25) is 9.59 Å². The SMILES string of the molecule is COCCN1C(=O)C(=O)/C(=C(/O)c2cc(C)ccc2OC)C1c1ccc(N(C)C)cc1. The van der Waals surface area contributed by atoms with Crippen LogP contribution in [0.1, 0.15) is 22.7 Å². The standard InChI is InChI=1S/C24H28N2O5/c1-15-6-11-19(31-5)18(14-15)22(27)20-21(16-7-9-17(10-8-16)25(2)3)26(12-13-30-4)24(29)23(20)28/h6-11,14,21,27H,12-13H2,1-5H3/b22-20+. The van der Waals surface area contributed by atoms with Crippen LogP contribution >= 0.6 is 0 Å². The summed E-state index contributed by atoms with van der Waals surface area (Å²) in [5, 5.41) is 11.2. The van der Waals surface area contributed by atoms with Crippen LogP contribution in [0, 0.1) is 6.92 Å². The van der Waals surface area contributed by atoms with Gasteiger partial charge in [-0.1, -0.05) is 23.8 Å². The second-order valence-corrected chi connectivity index (χ2v) is 7.67. The number of aryl methyl sites for hydroxylation is 1. The number of ketones is 1. The summed E-state index contributed by atoms with van der Waals surface area (Å²) >= 11 is 0. The number of methoxy groups -OCH3 is 2. The number of aliphatic hydroxyl groups excluding tert-OH is 1. The van der Waals surface area contributed by atoms with Gasteiger partial charge < -0.3 is 24.4 Å². The molecule has 0 bridgehead atoms. The third-order valence-electron chi connectivity index (χ3n) is 5.41. The van der Waals surface area contributed by atoms with Crippen LogP contribution < -0.4 is 9.64 Å². The van der Waals surface area contributed by atoms with Gasteiger partial charge in [0.2, 0.25) is 0 Å². The van der Waals surface area contributed by atoms with Gasteiger partial charge in [-0.25, -0.2) is 0 Å². The van der Waals surface area contributed by atoms with Gasteiger partial charge in [-0.05, 0) is 36.8 Å². The summed E-state index contributed by atoms with van der Waals surface area (Å²) in [6.07, 6.45) is 0. The van der Waals surface area contributed by atoms with Gasteiger partial charge >= 0.3 is 0 Å². The number of benzene rings is 2. The molecule has 1 aliphatic heterocycles. The number of aliphatic hydroxyl groups is 1. The van der Waals surface area contributed by atoms with E-state index in [9.17, 15) is 14.7 Å². The molecule has 31 heavy (non-hydrogen) atoms. The Morgan fingerprint density at radius 1 is 1.10 bits per heavy atom. The predicted octanol–water partition coefficient (Wildman–Crippen LogP) is 3.14. The van der Waals surface area contributed by atoms with Crippen LogP contribution in [0.15, 0.2) is 48.0 Å². The summed E-state index contributed by atoms with van der Waals surface area (Å²) in [6.45, 7) is 2.38. The third-order valence-corrected chi connectivity index (χ3v) is 5.41. The molecule has 1 atom stereocenters. The lowest BCUT2D eigenvalue weighted by molar-refractivity contribution is -0.140. The van der Waals surface area contributed by atoms with Gasteiger partial charge in [0, 0.05) is 33.4 Å². The first-order chi connectivity index (χ1) is 14.8. The summed E-state index contributed by atoms with van der Waals surface area (Å²) in [7, 11) is 6.90. The maximum absolute atomic E-state index is 13.0. The van der Waals surface area contributed by atoms with Crippen LogP contribution in [-0.2, 0) is 14.3 Å². The van der Waals surface area contributed by atoms with E-state index in [0.717, 1.165) is 16.8 Å². The number of anilines is 1. The van der Waals surface area contributed by atoms with Gasteiger partial charge in [-0.2, -0.15) is 0 Å². The number of likely N-dealkylation sites (tertiary alicyclic amines) is 1. The van der Waals surface area contributed by atoms with Crippen molar-refractivity contribution in [3.05, 3.63) is 64.7 Å². The predicted molar refractivity (Wildman–Crippen MR) is 119 cm³/mol.